The summed E-state index contributed by atoms with van der Waals surface area (Å²) < 4.78 is 34.7. The minimum atomic E-state index is -3.15. The SMILES string of the molecule is CC(C)OC(=O)CC(NC(=O)c1ccccc1OC(F)F)c1ccccc1[N+](=O)[O-]. The zero-order valence-electron chi connectivity index (χ0n) is 16.2. The van der Waals surface area contributed by atoms with Crippen molar-refractivity contribution in [2.24, 2.45) is 0 Å². The largest absolute Gasteiger partial charge is 0.463 e. The van der Waals surface area contributed by atoms with Gasteiger partial charge >= 0.3 is 12.6 Å². The molecule has 0 aromatic heterocycles. The molecule has 2 rings (SSSR count). The van der Waals surface area contributed by atoms with Crippen molar-refractivity contribution in [2.75, 3.05) is 0 Å². The fourth-order valence-electron chi connectivity index (χ4n) is 2.75. The van der Waals surface area contributed by atoms with Gasteiger partial charge in [-0.1, -0.05) is 30.3 Å². The zero-order valence-corrected chi connectivity index (χ0v) is 16.2. The maximum absolute atomic E-state index is 12.8. The molecule has 0 fully saturated rings. The summed E-state index contributed by atoms with van der Waals surface area (Å²) in [6.07, 6.45) is -0.827. The van der Waals surface area contributed by atoms with Gasteiger partial charge in [0.2, 0.25) is 0 Å². The molecule has 0 saturated heterocycles. The second-order valence-electron chi connectivity index (χ2n) is 6.46. The third-order valence-electron chi connectivity index (χ3n) is 3.90. The van der Waals surface area contributed by atoms with E-state index in [1.54, 1.807) is 13.8 Å². The molecule has 0 radical (unpaired) electrons. The first-order valence-electron chi connectivity index (χ1n) is 8.96. The average Bonchev–Trinajstić information content (AvgIpc) is 2.66. The molecule has 0 heterocycles. The van der Waals surface area contributed by atoms with Gasteiger partial charge in [0.25, 0.3) is 11.6 Å². The number of carbonyl (C=O) groups excluding carboxylic acids is 2. The van der Waals surface area contributed by atoms with Gasteiger partial charge in [-0.3, -0.25) is 19.7 Å². The van der Waals surface area contributed by atoms with E-state index >= 15 is 0 Å². The van der Waals surface area contributed by atoms with E-state index in [-0.39, 0.29) is 22.6 Å². The van der Waals surface area contributed by atoms with Crippen LogP contribution in [0.1, 0.15) is 42.2 Å². The highest BCUT2D eigenvalue weighted by atomic mass is 19.3. The van der Waals surface area contributed by atoms with Crippen molar-refractivity contribution < 1.29 is 32.8 Å². The number of benzene rings is 2. The maximum atomic E-state index is 12.8. The summed E-state index contributed by atoms with van der Waals surface area (Å²) in [4.78, 5) is 35.7. The number of halogens is 2. The van der Waals surface area contributed by atoms with Crippen LogP contribution in [-0.2, 0) is 9.53 Å². The van der Waals surface area contributed by atoms with Crippen molar-refractivity contribution in [3.05, 3.63) is 69.8 Å². The average molecular weight is 422 g/mol. The number of carbonyl (C=O) groups is 2. The number of amides is 1. The molecule has 1 N–H and O–H groups in total. The van der Waals surface area contributed by atoms with Gasteiger partial charge < -0.3 is 14.8 Å². The molecular weight excluding hydrogens is 402 g/mol. The molecule has 8 nitrogen and oxygen atoms in total. The molecule has 1 amide bonds. The van der Waals surface area contributed by atoms with Crippen LogP contribution in [0.2, 0.25) is 0 Å². The maximum Gasteiger partial charge on any atom is 0.387 e. The Kier molecular flexibility index (Phi) is 7.79. The van der Waals surface area contributed by atoms with E-state index in [0.717, 1.165) is 0 Å². The highest BCUT2D eigenvalue weighted by molar-refractivity contribution is 5.97. The number of ether oxygens (including phenoxy) is 2. The van der Waals surface area contributed by atoms with Crippen molar-refractivity contribution in [1.29, 1.82) is 0 Å². The predicted octanol–water partition coefficient (Wildman–Crippen LogP) is 4.01. The number of hydrogen-bond acceptors (Lipinski definition) is 6. The number of alkyl halides is 2. The number of rotatable bonds is 9. The van der Waals surface area contributed by atoms with Crippen molar-refractivity contribution in [3.8, 4) is 5.75 Å². The summed E-state index contributed by atoms with van der Waals surface area (Å²) in [6, 6.07) is 9.76. The monoisotopic (exact) mass is 422 g/mol. The van der Waals surface area contributed by atoms with E-state index in [1.807, 2.05) is 0 Å². The van der Waals surface area contributed by atoms with Crippen molar-refractivity contribution in [2.45, 2.75) is 39.0 Å². The van der Waals surface area contributed by atoms with E-state index < -0.39 is 42.0 Å². The Balaban J connectivity index is 2.38. The molecule has 0 aliphatic carbocycles. The first-order chi connectivity index (χ1) is 14.2. The number of esters is 1. The molecule has 2 aromatic rings. The number of nitrogens with zero attached hydrogens (tertiary/aromatic N) is 1. The molecule has 10 heteroatoms. The number of nitro benzene ring substituents is 1. The summed E-state index contributed by atoms with van der Waals surface area (Å²) in [5.74, 6) is -1.90. The van der Waals surface area contributed by atoms with Crippen LogP contribution < -0.4 is 10.1 Å². The second kappa shape index (κ2) is 10.3. The molecule has 0 aliphatic rings. The van der Waals surface area contributed by atoms with E-state index in [9.17, 15) is 28.5 Å². The molecule has 2 aromatic carbocycles. The minimum Gasteiger partial charge on any atom is -0.463 e. The van der Waals surface area contributed by atoms with E-state index in [0.29, 0.717) is 0 Å². The summed E-state index contributed by atoms with van der Waals surface area (Å²) in [5, 5.41) is 13.9. The van der Waals surface area contributed by atoms with Crippen LogP contribution in [0.3, 0.4) is 0 Å². The first-order valence-corrected chi connectivity index (χ1v) is 8.96. The Morgan fingerprint density at radius 2 is 1.73 bits per heavy atom. The molecule has 0 spiro atoms. The highest BCUT2D eigenvalue weighted by Crippen LogP contribution is 2.29. The molecule has 1 unspecified atom stereocenters. The smallest absolute Gasteiger partial charge is 0.387 e. The number of hydrogen-bond donors (Lipinski definition) is 1. The van der Waals surface area contributed by atoms with Crippen LogP contribution in [-0.4, -0.2) is 29.5 Å². The van der Waals surface area contributed by atoms with Gasteiger partial charge in [-0.2, -0.15) is 8.78 Å². The molecule has 1 atom stereocenters. The summed E-state index contributed by atoms with van der Waals surface area (Å²) in [7, 11) is 0. The van der Waals surface area contributed by atoms with Gasteiger partial charge in [-0.15, -0.1) is 0 Å². The zero-order chi connectivity index (χ0) is 22.3. The molecule has 0 saturated carbocycles. The number of nitro groups is 1. The summed E-state index contributed by atoms with van der Waals surface area (Å²) in [6.45, 7) is 0.119. The number of para-hydroxylation sites is 2. The number of nitrogens with one attached hydrogen (secondary N) is 1. The van der Waals surface area contributed by atoms with Crippen LogP contribution in [0.5, 0.6) is 5.75 Å². The van der Waals surface area contributed by atoms with Crippen LogP contribution >= 0.6 is 0 Å². The summed E-state index contributed by atoms with van der Waals surface area (Å²) >= 11 is 0. The molecule has 30 heavy (non-hydrogen) atoms. The fourth-order valence-corrected chi connectivity index (χ4v) is 2.75. The van der Waals surface area contributed by atoms with E-state index in [1.165, 1.54) is 48.5 Å². The Morgan fingerprint density at radius 3 is 2.37 bits per heavy atom. The Bertz CT molecular complexity index is 920. The molecule has 0 bridgehead atoms. The van der Waals surface area contributed by atoms with Crippen LogP contribution in [0, 0.1) is 10.1 Å². The molecule has 0 aliphatic heterocycles. The lowest BCUT2D eigenvalue weighted by Gasteiger charge is -2.20. The van der Waals surface area contributed by atoms with Gasteiger partial charge in [-0.25, -0.2) is 0 Å². The fraction of sp³-hybridized carbons (Fsp3) is 0.300. The Labute approximate surface area is 170 Å². The van der Waals surface area contributed by atoms with Gasteiger partial charge in [0.05, 0.1) is 34.6 Å². The quantitative estimate of drug-likeness (QED) is 0.372. The normalized spacial score (nSPS) is 11.8. The predicted molar refractivity (Wildman–Crippen MR) is 102 cm³/mol. The second-order valence-corrected chi connectivity index (χ2v) is 6.46. The Morgan fingerprint density at radius 1 is 1.10 bits per heavy atom. The van der Waals surface area contributed by atoms with Gasteiger partial charge in [0, 0.05) is 6.07 Å². The lowest BCUT2D eigenvalue weighted by atomic mass is 10.0. The minimum absolute atomic E-state index is 0.0730. The van der Waals surface area contributed by atoms with Gasteiger partial charge in [0.15, 0.2) is 0 Å². The van der Waals surface area contributed by atoms with Crippen LogP contribution in [0.25, 0.3) is 0 Å². The van der Waals surface area contributed by atoms with Crippen molar-refractivity contribution in [3.63, 3.8) is 0 Å². The van der Waals surface area contributed by atoms with Crippen molar-refractivity contribution in [1.82, 2.24) is 5.32 Å². The lowest BCUT2D eigenvalue weighted by molar-refractivity contribution is -0.385. The van der Waals surface area contributed by atoms with Gasteiger partial charge in [0.1, 0.15) is 5.75 Å². The highest BCUT2D eigenvalue weighted by Gasteiger charge is 2.28. The summed E-state index contributed by atoms with van der Waals surface area (Å²) in [5.41, 5.74) is -0.445. The Hall–Kier alpha value is -3.56. The molecular formula is C20H20F2N2O6. The van der Waals surface area contributed by atoms with Crippen molar-refractivity contribution >= 4 is 17.6 Å². The van der Waals surface area contributed by atoms with Crippen LogP contribution in [0.4, 0.5) is 14.5 Å². The van der Waals surface area contributed by atoms with E-state index in [2.05, 4.69) is 10.1 Å². The standard InChI is InChI=1S/C20H20F2N2O6/c1-12(2)29-18(25)11-15(13-7-3-5-9-16(13)24(27)28)23-19(26)14-8-4-6-10-17(14)30-20(21)22/h3-10,12,15,20H,11H2,1-2H3,(H,23,26). The third-order valence-corrected chi connectivity index (χ3v) is 3.90. The topological polar surface area (TPSA) is 108 Å². The van der Waals surface area contributed by atoms with Gasteiger partial charge in [-0.05, 0) is 26.0 Å². The van der Waals surface area contributed by atoms with Crippen LogP contribution in [0.15, 0.2) is 48.5 Å². The first kappa shape index (κ1) is 22.7. The third kappa shape index (κ3) is 6.23. The van der Waals surface area contributed by atoms with E-state index in [4.69, 9.17) is 4.74 Å². The lowest BCUT2D eigenvalue weighted by Crippen LogP contribution is -2.32. The molecule has 160 valence electrons.